The zero-order valence-electron chi connectivity index (χ0n) is 12.0. The van der Waals surface area contributed by atoms with Gasteiger partial charge in [0, 0.05) is 19.3 Å². The van der Waals surface area contributed by atoms with Crippen molar-refractivity contribution in [1.82, 2.24) is 0 Å². The van der Waals surface area contributed by atoms with Crippen LogP contribution >= 0.6 is 0 Å². The van der Waals surface area contributed by atoms with E-state index in [-0.39, 0.29) is 5.91 Å². The molecule has 104 valence electrons. The van der Waals surface area contributed by atoms with Crippen molar-refractivity contribution in [3.63, 3.8) is 0 Å². The maximum atomic E-state index is 12.4. The minimum Gasteiger partial charge on any atom is -0.326 e. The molecule has 2 N–H and O–H groups in total. The van der Waals surface area contributed by atoms with Crippen LogP contribution in [0.25, 0.3) is 0 Å². The number of likely N-dealkylation sites (N-methyl/N-ethyl adjacent to an activating group) is 1. The molecule has 0 saturated heterocycles. The maximum Gasteiger partial charge on any atom is 0.231 e. The number of aryl methyl sites for hydroxylation is 1. The summed E-state index contributed by atoms with van der Waals surface area (Å²) in [5.41, 5.74) is 9.79. The molecule has 0 heterocycles. The topological polar surface area (TPSA) is 46.3 Å². The third-order valence-corrected chi connectivity index (χ3v) is 3.38. The van der Waals surface area contributed by atoms with E-state index in [9.17, 15) is 4.79 Å². The van der Waals surface area contributed by atoms with Gasteiger partial charge in [-0.15, -0.1) is 0 Å². The SMILES string of the molecule is Cc1cccc(CC(=O)N(C)c2ccccc2CN)c1. The summed E-state index contributed by atoms with van der Waals surface area (Å²) >= 11 is 0. The van der Waals surface area contributed by atoms with Gasteiger partial charge in [0.1, 0.15) is 0 Å². The lowest BCUT2D eigenvalue weighted by molar-refractivity contribution is -0.117. The molecule has 0 fully saturated rings. The molecule has 0 aliphatic rings. The summed E-state index contributed by atoms with van der Waals surface area (Å²) in [6.07, 6.45) is 0.400. The highest BCUT2D eigenvalue weighted by Crippen LogP contribution is 2.19. The molecule has 0 radical (unpaired) electrons. The largest absolute Gasteiger partial charge is 0.326 e. The van der Waals surface area contributed by atoms with Crippen LogP contribution in [-0.2, 0) is 17.8 Å². The summed E-state index contributed by atoms with van der Waals surface area (Å²) in [5.74, 6) is 0.0662. The Morgan fingerprint density at radius 3 is 2.60 bits per heavy atom. The average Bonchev–Trinajstić information content (AvgIpc) is 2.46. The molecule has 2 aromatic carbocycles. The number of hydrogen-bond acceptors (Lipinski definition) is 2. The first-order valence-corrected chi connectivity index (χ1v) is 6.72. The summed E-state index contributed by atoms with van der Waals surface area (Å²) in [5, 5.41) is 0. The van der Waals surface area contributed by atoms with Crippen LogP contribution in [0, 0.1) is 6.92 Å². The van der Waals surface area contributed by atoms with Gasteiger partial charge >= 0.3 is 0 Å². The lowest BCUT2D eigenvalue weighted by Gasteiger charge is -2.20. The zero-order valence-corrected chi connectivity index (χ0v) is 12.0. The number of carbonyl (C=O) groups is 1. The molecule has 3 heteroatoms. The highest BCUT2D eigenvalue weighted by molar-refractivity contribution is 5.94. The summed E-state index contributed by atoms with van der Waals surface area (Å²) in [7, 11) is 1.80. The quantitative estimate of drug-likeness (QED) is 0.926. The standard InChI is InChI=1S/C17H20N2O/c1-13-6-5-7-14(10-13)11-17(20)19(2)16-9-4-3-8-15(16)12-18/h3-10H,11-12,18H2,1-2H3. The number of amides is 1. The van der Waals surface area contributed by atoms with Crippen molar-refractivity contribution < 1.29 is 4.79 Å². The van der Waals surface area contributed by atoms with E-state index in [0.717, 1.165) is 16.8 Å². The number of benzene rings is 2. The molecule has 0 aromatic heterocycles. The molecule has 1 amide bonds. The summed E-state index contributed by atoms with van der Waals surface area (Å²) < 4.78 is 0. The Morgan fingerprint density at radius 1 is 1.15 bits per heavy atom. The predicted octanol–water partition coefficient (Wildman–Crippen LogP) is 2.66. The van der Waals surface area contributed by atoms with Crippen LogP contribution < -0.4 is 10.6 Å². The average molecular weight is 268 g/mol. The highest BCUT2D eigenvalue weighted by Gasteiger charge is 2.14. The van der Waals surface area contributed by atoms with Crippen molar-refractivity contribution in [2.45, 2.75) is 19.9 Å². The number of nitrogens with zero attached hydrogens (tertiary/aromatic N) is 1. The van der Waals surface area contributed by atoms with Gasteiger partial charge in [0.2, 0.25) is 5.91 Å². The second-order valence-electron chi connectivity index (χ2n) is 4.95. The van der Waals surface area contributed by atoms with Crippen molar-refractivity contribution in [1.29, 1.82) is 0 Å². The third-order valence-electron chi connectivity index (χ3n) is 3.38. The molecule has 0 atom stereocenters. The van der Waals surface area contributed by atoms with E-state index in [4.69, 9.17) is 5.73 Å². The van der Waals surface area contributed by atoms with E-state index >= 15 is 0 Å². The fourth-order valence-corrected chi connectivity index (χ4v) is 2.26. The van der Waals surface area contributed by atoms with Crippen LogP contribution in [-0.4, -0.2) is 13.0 Å². The molecule has 0 aliphatic heterocycles. The number of anilines is 1. The Balaban J connectivity index is 2.16. The van der Waals surface area contributed by atoms with E-state index in [2.05, 4.69) is 0 Å². The van der Waals surface area contributed by atoms with Gasteiger partial charge in [0.15, 0.2) is 0 Å². The lowest BCUT2D eigenvalue weighted by atomic mass is 10.1. The number of carbonyl (C=O) groups excluding carboxylic acids is 1. The van der Waals surface area contributed by atoms with E-state index in [1.54, 1.807) is 11.9 Å². The predicted molar refractivity (Wildman–Crippen MR) is 82.6 cm³/mol. The van der Waals surface area contributed by atoms with Crippen LogP contribution in [0.1, 0.15) is 16.7 Å². The van der Waals surface area contributed by atoms with Crippen molar-refractivity contribution in [2.75, 3.05) is 11.9 Å². The fourth-order valence-electron chi connectivity index (χ4n) is 2.26. The molecular weight excluding hydrogens is 248 g/mol. The first-order valence-electron chi connectivity index (χ1n) is 6.72. The van der Waals surface area contributed by atoms with Crippen molar-refractivity contribution in [3.05, 3.63) is 65.2 Å². The molecule has 2 aromatic rings. The fraction of sp³-hybridized carbons (Fsp3) is 0.235. The molecule has 0 spiro atoms. The van der Waals surface area contributed by atoms with Crippen molar-refractivity contribution in [2.24, 2.45) is 5.73 Å². The van der Waals surface area contributed by atoms with E-state index in [0.29, 0.717) is 13.0 Å². The Morgan fingerprint density at radius 2 is 1.90 bits per heavy atom. The van der Waals surface area contributed by atoms with E-state index in [1.807, 2.05) is 55.5 Å². The first-order chi connectivity index (χ1) is 9.61. The van der Waals surface area contributed by atoms with Gasteiger partial charge in [-0.1, -0.05) is 48.0 Å². The molecule has 0 unspecified atom stereocenters. The van der Waals surface area contributed by atoms with E-state index < -0.39 is 0 Å². The van der Waals surface area contributed by atoms with Gasteiger partial charge in [-0.3, -0.25) is 4.79 Å². The van der Waals surface area contributed by atoms with Gasteiger partial charge in [-0.2, -0.15) is 0 Å². The second-order valence-corrected chi connectivity index (χ2v) is 4.95. The summed E-state index contributed by atoms with van der Waals surface area (Å²) in [4.78, 5) is 14.1. The van der Waals surface area contributed by atoms with Crippen molar-refractivity contribution >= 4 is 11.6 Å². The van der Waals surface area contributed by atoms with Crippen molar-refractivity contribution in [3.8, 4) is 0 Å². The van der Waals surface area contributed by atoms with Crippen LogP contribution in [0.2, 0.25) is 0 Å². The molecular formula is C17H20N2O. The summed E-state index contributed by atoms with van der Waals surface area (Å²) in [6, 6.07) is 15.8. The lowest BCUT2D eigenvalue weighted by Crippen LogP contribution is -2.29. The smallest absolute Gasteiger partial charge is 0.231 e. The van der Waals surface area contributed by atoms with Gasteiger partial charge in [0.05, 0.1) is 6.42 Å². The minimum atomic E-state index is 0.0662. The Bertz CT molecular complexity index is 607. The molecule has 2 rings (SSSR count). The molecule has 0 bridgehead atoms. The normalized spacial score (nSPS) is 10.3. The molecule has 0 saturated carbocycles. The monoisotopic (exact) mass is 268 g/mol. The van der Waals surface area contributed by atoms with Crippen LogP contribution in [0.3, 0.4) is 0 Å². The van der Waals surface area contributed by atoms with Gasteiger partial charge in [0.25, 0.3) is 0 Å². The molecule has 20 heavy (non-hydrogen) atoms. The number of nitrogens with two attached hydrogens (primary N) is 1. The number of para-hydroxylation sites is 1. The number of rotatable bonds is 4. The van der Waals surface area contributed by atoms with Crippen LogP contribution in [0.15, 0.2) is 48.5 Å². The Kier molecular flexibility index (Phi) is 4.53. The number of hydrogen-bond donors (Lipinski definition) is 1. The van der Waals surface area contributed by atoms with E-state index in [1.165, 1.54) is 5.56 Å². The Hall–Kier alpha value is -2.13. The van der Waals surface area contributed by atoms with Gasteiger partial charge < -0.3 is 10.6 Å². The van der Waals surface area contributed by atoms with Crippen LogP contribution in [0.4, 0.5) is 5.69 Å². The molecule has 3 nitrogen and oxygen atoms in total. The first kappa shape index (κ1) is 14.3. The maximum absolute atomic E-state index is 12.4. The zero-order chi connectivity index (χ0) is 14.5. The summed E-state index contributed by atoms with van der Waals surface area (Å²) in [6.45, 7) is 2.46. The van der Waals surface area contributed by atoms with Gasteiger partial charge in [-0.05, 0) is 24.1 Å². The Labute approximate surface area is 120 Å². The van der Waals surface area contributed by atoms with Crippen LogP contribution in [0.5, 0.6) is 0 Å². The third kappa shape index (κ3) is 3.25. The highest BCUT2D eigenvalue weighted by atomic mass is 16.2. The molecule has 0 aliphatic carbocycles. The van der Waals surface area contributed by atoms with Gasteiger partial charge in [-0.25, -0.2) is 0 Å². The minimum absolute atomic E-state index is 0.0662. The second kappa shape index (κ2) is 6.35.